The second-order valence-electron chi connectivity index (χ2n) is 6.01. The molecule has 1 aliphatic rings. The van der Waals surface area contributed by atoms with E-state index in [1.165, 1.54) is 12.4 Å². The van der Waals surface area contributed by atoms with Gasteiger partial charge in [-0.3, -0.25) is 9.59 Å². The highest BCUT2D eigenvalue weighted by Gasteiger charge is 2.28. The summed E-state index contributed by atoms with van der Waals surface area (Å²) in [7, 11) is 0. The molecule has 1 fully saturated rings. The number of hydrogen-bond donors (Lipinski definition) is 2. The molecule has 1 unspecified atom stereocenters. The number of primary amides is 1. The number of furan rings is 1. The van der Waals surface area contributed by atoms with E-state index in [2.05, 4.69) is 15.3 Å². The summed E-state index contributed by atoms with van der Waals surface area (Å²) >= 11 is 0. The lowest BCUT2D eigenvalue weighted by molar-refractivity contribution is 0.0835. The molecule has 2 aromatic heterocycles. The van der Waals surface area contributed by atoms with Gasteiger partial charge in [0.1, 0.15) is 12.6 Å². The second kappa shape index (κ2) is 8.12. The van der Waals surface area contributed by atoms with Gasteiger partial charge in [-0.2, -0.15) is 0 Å². The second-order valence-corrected chi connectivity index (χ2v) is 6.01. The zero-order chi connectivity index (χ0) is 19.4. The van der Waals surface area contributed by atoms with Gasteiger partial charge in [0.15, 0.2) is 17.4 Å². The highest BCUT2D eigenvalue weighted by atomic mass is 19.1. The highest BCUT2D eigenvalue weighted by molar-refractivity contribution is 5.97. The Morgan fingerprint density at radius 2 is 2.26 bits per heavy atom. The first-order valence-electron chi connectivity index (χ1n) is 8.51. The summed E-state index contributed by atoms with van der Waals surface area (Å²) in [6.45, 7) is 3.15. The molecule has 1 atom stereocenters. The molecule has 2 aromatic rings. The minimum atomic E-state index is -0.685. The smallest absolute Gasteiger partial charge is 0.287 e. The van der Waals surface area contributed by atoms with Crippen molar-refractivity contribution < 1.29 is 23.1 Å². The zero-order valence-electron chi connectivity index (χ0n) is 14.8. The quantitative estimate of drug-likeness (QED) is 0.751. The third-order valence-electron chi connectivity index (χ3n) is 4.28. The van der Waals surface area contributed by atoms with Crippen LogP contribution in [0, 0.1) is 5.82 Å². The molecule has 3 heterocycles. The van der Waals surface area contributed by atoms with E-state index >= 15 is 0 Å². The molecule has 1 aliphatic heterocycles. The summed E-state index contributed by atoms with van der Waals surface area (Å²) in [6, 6.07) is 0.951. The van der Waals surface area contributed by atoms with Crippen LogP contribution in [0.2, 0.25) is 0 Å². The first kappa shape index (κ1) is 18.8. The summed E-state index contributed by atoms with van der Waals surface area (Å²) in [5.74, 6) is -1.50. The summed E-state index contributed by atoms with van der Waals surface area (Å²) in [5.41, 5.74) is 5.58. The zero-order valence-corrected chi connectivity index (χ0v) is 14.8. The van der Waals surface area contributed by atoms with Gasteiger partial charge in [0.25, 0.3) is 11.8 Å². The number of hydrogen-bond acceptors (Lipinski definition) is 7. The number of nitrogens with zero attached hydrogens (tertiary/aromatic N) is 3. The van der Waals surface area contributed by atoms with Crippen molar-refractivity contribution in [1.82, 2.24) is 15.3 Å². The van der Waals surface area contributed by atoms with E-state index in [1.54, 1.807) is 4.90 Å². The SMILES string of the molecule is CCc1ncnc(N2CCOCC2CNC(=O)c2cc(C(N)=O)co2)c1F. The van der Waals surface area contributed by atoms with Crippen molar-refractivity contribution in [3.8, 4) is 0 Å². The van der Waals surface area contributed by atoms with Crippen LogP contribution in [0.5, 0.6) is 0 Å². The summed E-state index contributed by atoms with van der Waals surface area (Å²) in [4.78, 5) is 33.1. The molecule has 2 amide bonds. The number of rotatable bonds is 6. The molecular formula is C17H20FN5O4. The lowest BCUT2D eigenvalue weighted by Gasteiger charge is -2.36. The van der Waals surface area contributed by atoms with Crippen LogP contribution in [-0.2, 0) is 11.2 Å². The van der Waals surface area contributed by atoms with E-state index < -0.39 is 17.6 Å². The maximum absolute atomic E-state index is 14.6. The Balaban J connectivity index is 1.70. The van der Waals surface area contributed by atoms with Crippen molar-refractivity contribution in [2.45, 2.75) is 19.4 Å². The predicted molar refractivity (Wildman–Crippen MR) is 92.9 cm³/mol. The van der Waals surface area contributed by atoms with E-state index in [4.69, 9.17) is 14.9 Å². The Hall–Kier alpha value is -3.01. The van der Waals surface area contributed by atoms with Gasteiger partial charge in [-0.05, 0) is 6.42 Å². The molecule has 3 rings (SSSR count). The Kier molecular flexibility index (Phi) is 5.65. The molecule has 0 spiro atoms. The van der Waals surface area contributed by atoms with Gasteiger partial charge in [0.05, 0.1) is 30.5 Å². The predicted octanol–water partition coefficient (Wildman–Crippen LogP) is 0.505. The summed E-state index contributed by atoms with van der Waals surface area (Å²) in [5, 5.41) is 2.70. The Bertz CT molecular complexity index is 840. The fourth-order valence-electron chi connectivity index (χ4n) is 2.83. The molecule has 0 bridgehead atoms. The number of nitrogens with two attached hydrogens (primary N) is 1. The van der Waals surface area contributed by atoms with Crippen molar-refractivity contribution in [3.05, 3.63) is 41.5 Å². The van der Waals surface area contributed by atoms with Gasteiger partial charge in [0, 0.05) is 19.2 Å². The molecular weight excluding hydrogens is 357 g/mol. The number of carbonyl (C=O) groups excluding carboxylic acids is 2. The molecule has 3 N–H and O–H groups in total. The molecule has 10 heteroatoms. The Morgan fingerprint density at radius 3 is 2.96 bits per heavy atom. The van der Waals surface area contributed by atoms with E-state index in [1.807, 2.05) is 6.92 Å². The van der Waals surface area contributed by atoms with Crippen LogP contribution in [0.1, 0.15) is 33.5 Å². The van der Waals surface area contributed by atoms with Crippen LogP contribution in [0.4, 0.5) is 10.2 Å². The summed E-state index contributed by atoms with van der Waals surface area (Å²) < 4.78 is 25.1. The normalized spacial score (nSPS) is 17.0. The number of halogens is 1. The standard InChI is InChI=1S/C17H20FN5O4/c1-2-12-14(18)16(22-9-21-12)23-3-4-26-8-11(23)6-20-17(25)13-5-10(7-27-13)15(19)24/h5,7,9,11H,2-4,6,8H2,1H3,(H2,19,24)(H,20,25). The van der Waals surface area contributed by atoms with Crippen LogP contribution in [-0.4, -0.2) is 54.1 Å². The minimum Gasteiger partial charge on any atom is -0.458 e. The van der Waals surface area contributed by atoms with E-state index in [9.17, 15) is 14.0 Å². The van der Waals surface area contributed by atoms with Crippen molar-refractivity contribution in [1.29, 1.82) is 0 Å². The van der Waals surface area contributed by atoms with E-state index in [0.29, 0.717) is 31.9 Å². The van der Waals surface area contributed by atoms with E-state index in [0.717, 1.165) is 6.26 Å². The van der Waals surface area contributed by atoms with Gasteiger partial charge >= 0.3 is 0 Å². The van der Waals surface area contributed by atoms with Gasteiger partial charge < -0.3 is 25.1 Å². The molecule has 9 nitrogen and oxygen atoms in total. The number of morpholine rings is 1. The highest BCUT2D eigenvalue weighted by Crippen LogP contribution is 2.22. The van der Waals surface area contributed by atoms with Gasteiger partial charge in [-0.15, -0.1) is 0 Å². The Labute approximate surface area is 154 Å². The lowest BCUT2D eigenvalue weighted by Crippen LogP contribution is -2.52. The number of ether oxygens (including phenoxy) is 1. The monoisotopic (exact) mass is 377 g/mol. The first-order chi connectivity index (χ1) is 13.0. The number of aryl methyl sites for hydroxylation is 1. The number of nitrogens with one attached hydrogen (secondary N) is 1. The fraction of sp³-hybridized carbons (Fsp3) is 0.412. The molecule has 1 saturated heterocycles. The molecule has 27 heavy (non-hydrogen) atoms. The van der Waals surface area contributed by atoms with Crippen LogP contribution in [0.15, 0.2) is 23.1 Å². The number of anilines is 1. The van der Waals surface area contributed by atoms with Gasteiger partial charge in [-0.1, -0.05) is 6.92 Å². The third-order valence-corrected chi connectivity index (χ3v) is 4.28. The van der Waals surface area contributed by atoms with Crippen LogP contribution in [0.3, 0.4) is 0 Å². The Morgan fingerprint density at radius 1 is 1.44 bits per heavy atom. The maximum atomic E-state index is 14.6. The van der Waals surface area contributed by atoms with Crippen molar-refractivity contribution in [2.24, 2.45) is 5.73 Å². The van der Waals surface area contributed by atoms with Gasteiger partial charge in [0.2, 0.25) is 0 Å². The van der Waals surface area contributed by atoms with Gasteiger partial charge in [-0.25, -0.2) is 14.4 Å². The minimum absolute atomic E-state index is 0.0337. The largest absolute Gasteiger partial charge is 0.458 e. The van der Waals surface area contributed by atoms with Crippen LogP contribution in [0.25, 0.3) is 0 Å². The first-order valence-corrected chi connectivity index (χ1v) is 8.51. The lowest BCUT2D eigenvalue weighted by atomic mass is 10.2. The average Bonchev–Trinajstić information content (AvgIpc) is 3.17. The summed E-state index contributed by atoms with van der Waals surface area (Å²) in [6.07, 6.45) is 2.90. The van der Waals surface area contributed by atoms with Crippen molar-refractivity contribution in [3.63, 3.8) is 0 Å². The topological polar surface area (TPSA) is 124 Å². The average molecular weight is 377 g/mol. The van der Waals surface area contributed by atoms with Crippen molar-refractivity contribution in [2.75, 3.05) is 31.2 Å². The maximum Gasteiger partial charge on any atom is 0.287 e. The number of aromatic nitrogens is 2. The van der Waals surface area contributed by atoms with Crippen molar-refractivity contribution >= 4 is 17.6 Å². The molecule has 0 saturated carbocycles. The molecule has 0 aromatic carbocycles. The third kappa shape index (κ3) is 4.05. The molecule has 0 aliphatic carbocycles. The number of carbonyl (C=O) groups is 2. The van der Waals surface area contributed by atoms with Crippen LogP contribution < -0.4 is 16.0 Å². The molecule has 0 radical (unpaired) electrons. The van der Waals surface area contributed by atoms with Crippen LogP contribution >= 0.6 is 0 Å². The fourth-order valence-corrected chi connectivity index (χ4v) is 2.83. The number of amides is 2. The molecule has 144 valence electrons. The van der Waals surface area contributed by atoms with E-state index in [-0.39, 0.29) is 29.7 Å².